The van der Waals surface area contributed by atoms with Gasteiger partial charge in [0.15, 0.2) is 10.8 Å². The number of thiazole rings is 1. The van der Waals surface area contributed by atoms with Gasteiger partial charge in [0.05, 0.1) is 29.0 Å². The van der Waals surface area contributed by atoms with Crippen LogP contribution < -0.4 is 10.1 Å². The number of anilines is 1. The average Bonchev–Trinajstić information content (AvgIpc) is 3.30. The molecule has 3 heterocycles. The molecule has 4 aromatic rings. The molecule has 0 radical (unpaired) electrons. The maximum Gasteiger partial charge on any atom is 0.258 e. The Morgan fingerprint density at radius 3 is 2.69 bits per heavy atom. The number of fused-ring (bicyclic) bond motifs is 2. The summed E-state index contributed by atoms with van der Waals surface area (Å²) in [5.74, 6) is 0.652. The van der Waals surface area contributed by atoms with Gasteiger partial charge in [0.2, 0.25) is 0 Å². The van der Waals surface area contributed by atoms with E-state index in [2.05, 4.69) is 29.2 Å². The molecule has 0 atom stereocenters. The van der Waals surface area contributed by atoms with Crippen molar-refractivity contribution in [2.45, 2.75) is 39.7 Å². The molecule has 0 saturated carbocycles. The predicted molar refractivity (Wildman–Crippen MR) is 116 cm³/mol. The third-order valence-corrected chi connectivity index (χ3v) is 5.67. The molecule has 0 aliphatic rings. The summed E-state index contributed by atoms with van der Waals surface area (Å²) in [5.41, 5.74) is 2.88. The zero-order valence-corrected chi connectivity index (χ0v) is 17.9. The van der Waals surface area contributed by atoms with Crippen molar-refractivity contribution < 1.29 is 9.53 Å². The Balaban J connectivity index is 1.77. The SMILES string of the molecule is COc1cccc2sc(NC(=O)c3cc(C(C)C)nc4c3cnn4C(C)C)nc12. The van der Waals surface area contributed by atoms with Crippen LogP contribution in [0.15, 0.2) is 30.5 Å². The van der Waals surface area contributed by atoms with Gasteiger partial charge in [0.25, 0.3) is 5.91 Å². The number of benzene rings is 1. The molecule has 0 spiro atoms. The summed E-state index contributed by atoms with van der Waals surface area (Å²) >= 11 is 1.42. The van der Waals surface area contributed by atoms with Crippen LogP contribution in [0.4, 0.5) is 5.13 Å². The molecule has 29 heavy (non-hydrogen) atoms. The van der Waals surface area contributed by atoms with E-state index in [9.17, 15) is 4.79 Å². The fourth-order valence-electron chi connectivity index (χ4n) is 3.20. The molecule has 0 saturated heterocycles. The average molecular weight is 410 g/mol. The summed E-state index contributed by atoms with van der Waals surface area (Å²) in [6.07, 6.45) is 1.71. The summed E-state index contributed by atoms with van der Waals surface area (Å²) in [6, 6.07) is 7.72. The van der Waals surface area contributed by atoms with E-state index in [-0.39, 0.29) is 17.9 Å². The van der Waals surface area contributed by atoms with E-state index in [0.717, 1.165) is 26.9 Å². The molecule has 1 aromatic carbocycles. The predicted octanol–water partition coefficient (Wildman–Crippen LogP) is 5.01. The zero-order chi connectivity index (χ0) is 20.7. The number of hydrogen-bond acceptors (Lipinski definition) is 6. The molecule has 4 rings (SSSR count). The quantitative estimate of drug-likeness (QED) is 0.501. The number of methoxy groups -OCH3 is 1. The Bertz CT molecular complexity index is 1210. The van der Waals surface area contributed by atoms with Crippen LogP contribution in [0.1, 0.15) is 55.7 Å². The van der Waals surface area contributed by atoms with Gasteiger partial charge in [0, 0.05) is 11.7 Å². The fourth-order valence-corrected chi connectivity index (χ4v) is 4.08. The molecule has 7 nitrogen and oxygen atoms in total. The second-order valence-corrected chi connectivity index (χ2v) is 8.48. The molecule has 0 aliphatic heterocycles. The van der Waals surface area contributed by atoms with Gasteiger partial charge in [-0.05, 0) is 38.0 Å². The van der Waals surface area contributed by atoms with Crippen molar-refractivity contribution in [3.63, 3.8) is 0 Å². The van der Waals surface area contributed by atoms with Crippen LogP contribution in [0.25, 0.3) is 21.3 Å². The van der Waals surface area contributed by atoms with Crippen LogP contribution in [-0.4, -0.2) is 32.8 Å². The molecule has 0 aliphatic carbocycles. The van der Waals surface area contributed by atoms with Gasteiger partial charge in [-0.15, -0.1) is 0 Å². The number of hydrogen-bond donors (Lipinski definition) is 1. The lowest BCUT2D eigenvalue weighted by atomic mass is 10.0. The van der Waals surface area contributed by atoms with E-state index in [0.29, 0.717) is 16.4 Å². The van der Waals surface area contributed by atoms with E-state index in [1.54, 1.807) is 13.3 Å². The molecule has 150 valence electrons. The Morgan fingerprint density at radius 1 is 1.21 bits per heavy atom. The second-order valence-electron chi connectivity index (χ2n) is 7.45. The van der Waals surface area contributed by atoms with Crippen molar-refractivity contribution in [1.82, 2.24) is 19.7 Å². The van der Waals surface area contributed by atoms with Gasteiger partial charge in [-0.2, -0.15) is 5.10 Å². The number of nitrogens with zero attached hydrogens (tertiary/aromatic N) is 4. The summed E-state index contributed by atoms with van der Waals surface area (Å²) in [4.78, 5) is 22.5. The molecule has 0 bridgehead atoms. The normalized spacial score (nSPS) is 11.7. The van der Waals surface area contributed by atoms with E-state index < -0.39 is 0 Å². The molecular formula is C21H23N5O2S. The highest BCUT2D eigenvalue weighted by molar-refractivity contribution is 7.22. The topological polar surface area (TPSA) is 81.9 Å². The number of carbonyl (C=O) groups excluding carboxylic acids is 1. The number of rotatable bonds is 5. The van der Waals surface area contributed by atoms with Crippen molar-refractivity contribution in [1.29, 1.82) is 0 Å². The zero-order valence-electron chi connectivity index (χ0n) is 17.1. The standard InChI is InChI=1S/C21H23N5O2S/c1-11(2)15-9-13(14-10-22-26(12(3)4)19(14)23-15)20(27)25-21-24-18-16(28-5)7-6-8-17(18)29-21/h6-12H,1-5H3,(H,24,25,27). The summed E-state index contributed by atoms with van der Waals surface area (Å²) in [7, 11) is 1.61. The van der Waals surface area contributed by atoms with Crippen molar-refractivity contribution in [3.8, 4) is 5.75 Å². The first-order chi connectivity index (χ1) is 13.9. The lowest BCUT2D eigenvalue weighted by Crippen LogP contribution is -2.14. The lowest BCUT2D eigenvalue weighted by molar-refractivity contribution is 0.102. The smallest absolute Gasteiger partial charge is 0.258 e. The van der Waals surface area contributed by atoms with Crippen LogP contribution in [0, 0.1) is 0 Å². The number of nitrogens with one attached hydrogen (secondary N) is 1. The minimum absolute atomic E-state index is 0.148. The third kappa shape index (κ3) is 3.44. The third-order valence-electron chi connectivity index (χ3n) is 4.73. The van der Waals surface area contributed by atoms with Crippen LogP contribution in [-0.2, 0) is 0 Å². The van der Waals surface area contributed by atoms with Gasteiger partial charge in [-0.25, -0.2) is 14.6 Å². The maximum atomic E-state index is 13.2. The molecular weight excluding hydrogens is 386 g/mol. The monoisotopic (exact) mass is 409 g/mol. The Kier molecular flexibility index (Phi) is 4.96. The summed E-state index contributed by atoms with van der Waals surface area (Å²) in [5, 5.41) is 8.66. The van der Waals surface area contributed by atoms with E-state index in [1.807, 2.05) is 42.8 Å². The Labute approximate surface area is 172 Å². The molecule has 0 unspecified atom stereocenters. The summed E-state index contributed by atoms with van der Waals surface area (Å²) in [6.45, 7) is 8.21. The highest BCUT2D eigenvalue weighted by atomic mass is 32.1. The van der Waals surface area contributed by atoms with Crippen molar-refractivity contribution in [2.24, 2.45) is 0 Å². The Hall–Kier alpha value is -3.00. The van der Waals surface area contributed by atoms with Crippen molar-refractivity contribution >= 4 is 43.6 Å². The minimum atomic E-state index is -0.222. The first kappa shape index (κ1) is 19.3. The number of pyridine rings is 1. The van der Waals surface area contributed by atoms with Gasteiger partial charge in [0.1, 0.15) is 11.3 Å². The maximum absolute atomic E-state index is 13.2. The molecule has 3 aromatic heterocycles. The van der Waals surface area contributed by atoms with Crippen LogP contribution in [0.5, 0.6) is 5.75 Å². The van der Waals surface area contributed by atoms with Gasteiger partial charge < -0.3 is 4.74 Å². The molecule has 1 N–H and O–H groups in total. The largest absolute Gasteiger partial charge is 0.494 e. The van der Waals surface area contributed by atoms with Crippen molar-refractivity contribution in [2.75, 3.05) is 12.4 Å². The fraction of sp³-hybridized carbons (Fsp3) is 0.333. The van der Waals surface area contributed by atoms with Gasteiger partial charge in [-0.3, -0.25) is 10.1 Å². The van der Waals surface area contributed by atoms with E-state index in [1.165, 1.54) is 11.3 Å². The second kappa shape index (κ2) is 7.44. The van der Waals surface area contributed by atoms with E-state index >= 15 is 0 Å². The number of aromatic nitrogens is 4. The van der Waals surface area contributed by atoms with E-state index in [4.69, 9.17) is 9.72 Å². The number of carbonyl (C=O) groups is 1. The first-order valence-electron chi connectivity index (χ1n) is 9.52. The van der Waals surface area contributed by atoms with Gasteiger partial charge in [-0.1, -0.05) is 31.3 Å². The highest BCUT2D eigenvalue weighted by Gasteiger charge is 2.20. The Morgan fingerprint density at radius 2 is 2.00 bits per heavy atom. The minimum Gasteiger partial charge on any atom is -0.494 e. The van der Waals surface area contributed by atoms with Crippen LogP contribution in [0.3, 0.4) is 0 Å². The summed E-state index contributed by atoms with van der Waals surface area (Å²) < 4.78 is 8.17. The van der Waals surface area contributed by atoms with Crippen molar-refractivity contribution in [3.05, 3.63) is 41.7 Å². The van der Waals surface area contributed by atoms with Gasteiger partial charge >= 0.3 is 0 Å². The number of para-hydroxylation sites is 1. The number of amides is 1. The molecule has 8 heteroatoms. The van der Waals surface area contributed by atoms with Crippen LogP contribution >= 0.6 is 11.3 Å². The first-order valence-corrected chi connectivity index (χ1v) is 10.3. The molecule has 1 amide bonds. The highest BCUT2D eigenvalue weighted by Crippen LogP contribution is 2.33. The molecule has 0 fully saturated rings. The lowest BCUT2D eigenvalue weighted by Gasteiger charge is -2.11. The number of ether oxygens (including phenoxy) is 1. The van der Waals surface area contributed by atoms with Crippen LogP contribution in [0.2, 0.25) is 0 Å².